The zero-order valence-corrected chi connectivity index (χ0v) is 13.5. The molecule has 0 fully saturated rings. The van der Waals surface area contributed by atoms with Crippen LogP contribution in [0.2, 0.25) is 0 Å². The largest absolute Gasteiger partial charge is 0.462 e. The van der Waals surface area contributed by atoms with E-state index >= 15 is 0 Å². The predicted molar refractivity (Wildman–Crippen MR) is 87.9 cm³/mol. The highest BCUT2D eigenvalue weighted by atomic mass is 16.5. The fourth-order valence-corrected chi connectivity index (χ4v) is 2.04. The number of ether oxygens (including phenoxy) is 2. The van der Waals surface area contributed by atoms with Crippen LogP contribution in [0.4, 0.5) is 0 Å². The van der Waals surface area contributed by atoms with Crippen LogP contribution in [-0.4, -0.2) is 18.5 Å². The topological polar surface area (TPSA) is 52.6 Å². The summed E-state index contributed by atoms with van der Waals surface area (Å²) in [6.07, 6.45) is 0. The van der Waals surface area contributed by atoms with Crippen LogP contribution in [-0.2, 0) is 4.74 Å². The molecule has 0 unspecified atom stereocenters. The van der Waals surface area contributed by atoms with Gasteiger partial charge in [-0.3, -0.25) is 0 Å². The molecule has 0 spiro atoms. The zero-order chi connectivity index (χ0) is 16.8. The highest BCUT2D eigenvalue weighted by molar-refractivity contribution is 5.94. The Morgan fingerprint density at radius 1 is 0.870 bits per heavy atom. The number of benzene rings is 2. The first-order valence-electron chi connectivity index (χ1n) is 7.60. The standard InChI is InChI=1S/C19H20O4/c1-4-22-18(20)15-5-7-16(8-6-15)19(21)23-17-11-9-14(10-12-17)13(2)3/h5-13H,4H2,1-3H3. The molecule has 0 aromatic heterocycles. The summed E-state index contributed by atoms with van der Waals surface area (Å²) in [5, 5.41) is 0. The fraction of sp³-hybridized carbons (Fsp3) is 0.263. The SMILES string of the molecule is CCOC(=O)c1ccc(C(=O)Oc2ccc(C(C)C)cc2)cc1. The minimum Gasteiger partial charge on any atom is -0.462 e. The van der Waals surface area contributed by atoms with Crippen molar-refractivity contribution in [2.45, 2.75) is 26.7 Å². The Bertz CT molecular complexity index is 670. The zero-order valence-electron chi connectivity index (χ0n) is 13.5. The normalized spacial score (nSPS) is 10.4. The average molecular weight is 312 g/mol. The molecule has 2 rings (SSSR count). The molecule has 4 nitrogen and oxygen atoms in total. The van der Waals surface area contributed by atoms with Crippen molar-refractivity contribution in [2.24, 2.45) is 0 Å². The van der Waals surface area contributed by atoms with Crippen LogP contribution in [0.25, 0.3) is 0 Å². The quantitative estimate of drug-likeness (QED) is 0.613. The van der Waals surface area contributed by atoms with E-state index in [9.17, 15) is 9.59 Å². The van der Waals surface area contributed by atoms with Crippen molar-refractivity contribution < 1.29 is 19.1 Å². The number of hydrogen-bond donors (Lipinski definition) is 0. The van der Waals surface area contributed by atoms with Crippen LogP contribution in [0, 0.1) is 0 Å². The Morgan fingerprint density at radius 2 is 1.39 bits per heavy atom. The first-order valence-corrected chi connectivity index (χ1v) is 7.60. The summed E-state index contributed by atoms with van der Waals surface area (Å²) in [7, 11) is 0. The number of carbonyl (C=O) groups excluding carboxylic acids is 2. The molecular formula is C19H20O4. The van der Waals surface area contributed by atoms with Gasteiger partial charge in [-0.25, -0.2) is 9.59 Å². The maximum Gasteiger partial charge on any atom is 0.343 e. The molecule has 0 saturated carbocycles. The van der Waals surface area contributed by atoms with Crippen LogP contribution in [0.3, 0.4) is 0 Å². The molecule has 23 heavy (non-hydrogen) atoms. The molecule has 2 aromatic carbocycles. The van der Waals surface area contributed by atoms with E-state index in [0.717, 1.165) is 0 Å². The maximum absolute atomic E-state index is 12.1. The number of hydrogen-bond acceptors (Lipinski definition) is 4. The van der Waals surface area contributed by atoms with Gasteiger partial charge in [-0.1, -0.05) is 26.0 Å². The summed E-state index contributed by atoms with van der Waals surface area (Å²) in [6, 6.07) is 13.6. The van der Waals surface area contributed by atoms with Crippen molar-refractivity contribution in [2.75, 3.05) is 6.61 Å². The van der Waals surface area contributed by atoms with Gasteiger partial charge >= 0.3 is 11.9 Å². The summed E-state index contributed by atoms with van der Waals surface area (Å²) in [4.78, 5) is 23.7. The third kappa shape index (κ3) is 4.42. The molecule has 0 aliphatic heterocycles. The number of esters is 2. The third-order valence-corrected chi connectivity index (χ3v) is 3.39. The highest BCUT2D eigenvalue weighted by Gasteiger charge is 2.11. The molecular weight excluding hydrogens is 292 g/mol. The van der Waals surface area contributed by atoms with Gasteiger partial charge in [-0.05, 0) is 54.8 Å². The van der Waals surface area contributed by atoms with Crippen LogP contribution in [0.5, 0.6) is 5.75 Å². The van der Waals surface area contributed by atoms with Gasteiger partial charge in [-0.15, -0.1) is 0 Å². The van der Waals surface area contributed by atoms with Crippen molar-refractivity contribution in [1.82, 2.24) is 0 Å². The lowest BCUT2D eigenvalue weighted by atomic mass is 10.0. The van der Waals surface area contributed by atoms with Gasteiger partial charge in [-0.2, -0.15) is 0 Å². The summed E-state index contributed by atoms with van der Waals surface area (Å²) in [5.74, 6) is 0.0541. The van der Waals surface area contributed by atoms with Crippen LogP contribution < -0.4 is 4.74 Å². The lowest BCUT2D eigenvalue weighted by Crippen LogP contribution is -2.10. The number of rotatable bonds is 5. The molecule has 0 radical (unpaired) electrons. The van der Waals surface area contributed by atoms with Gasteiger partial charge in [0.15, 0.2) is 0 Å². The first-order chi connectivity index (χ1) is 11.0. The lowest BCUT2D eigenvalue weighted by molar-refractivity contribution is 0.0525. The van der Waals surface area contributed by atoms with E-state index in [1.54, 1.807) is 43.3 Å². The summed E-state index contributed by atoms with van der Waals surface area (Å²) >= 11 is 0. The minimum absolute atomic E-state index is 0.314. The molecule has 2 aromatic rings. The van der Waals surface area contributed by atoms with Gasteiger partial charge in [0.2, 0.25) is 0 Å². The van der Waals surface area contributed by atoms with Crippen molar-refractivity contribution in [1.29, 1.82) is 0 Å². The predicted octanol–water partition coefficient (Wildman–Crippen LogP) is 4.21. The van der Waals surface area contributed by atoms with Crippen molar-refractivity contribution in [3.8, 4) is 5.75 Å². The second kappa shape index (κ2) is 7.58. The van der Waals surface area contributed by atoms with E-state index < -0.39 is 11.9 Å². The van der Waals surface area contributed by atoms with Crippen LogP contribution in [0.15, 0.2) is 48.5 Å². The van der Waals surface area contributed by atoms with E-state index in [1.165, 1.54) is 5.56 Å². The van der Waals surface area contributed by atoms with Crippen LogP contribution >= 0.6 is 0 Å². The molecule has 0 aliphatic carbocycles. The minimum atomic E-state index is -0.460. The molecule has 0 aliphatic rings. The Balaban J connectivity index is 2.04. The summed E-state index contributed by atoms with van der Waals surface area (Å²) in [5.41, 5.74) is 1.97. The molecule has 4 heteroatoms. The monoisotopic (exact) mass is 312 g/mol. The molecule has 0 bridgehead atoms. The lowest BCUT2D eigenvalue weighted by Gasteiger charge is -2.08. The second-order valence-corrected chi connectivity index (χ2v) is 5.41. The number of carbonyl (C=O) groups is 2. The van der Waals surface area contributed by atoms with E-state index in [4.69, 9.17) is 9.47 Å². The Labute approximate surface area is 136 Å². The third-order valence-electron chi connectivity index (χ3n) is 3.39. The Hall–Kier alpha value is -2.62. The van der Waals surface area contributed by atoms with E-state index in [1.807, 2.05) is 12.1 Å². The Kier molecular flexibility index (Phi) is 5.52. The van der Waals surface area contributed by atoms with E-state index in [-0.39, 0.29) is 0 Å². The first kappa shape index (κ1) is 16.7. The van der Waals surface area contributed by atoms with Gasteiger partial charge in [0.05, 0.1) is 17.7 Å². The van der Waals surface area contributed by atoms with Gasteiger partial charge in [0.25, 0.3) is 0 Å². The molecule has 0 amide bonds. The molecule has 0 atom stereocenters. The van der Waals surface area contributed by atoms with E-state index in [2.05, 4.69) is 13.8 Å². The Morgan fingerprint density at radius 3 is 1.87 bits per heavy atom. The van der Waals surface area contributed by atoms with E-state index in [0.29, 0.717) is 29.4 Å². The van der Waals surface area contributed by atoms with Crippen molar-refractivity contribution >= 4 is 11.9 Å². The highest BCUT2D eigenvalue weighted by Crippen LogP contribution is 2.19. The molecule has 120 valence electrons. The second-order valence-electron chi connectivity index (χ2n) is 5.41. The fourth-order valence-electron chi connectivity index (χ4n) is 2.04. The molecule has 0 saturated heterocycles. The van der Waals surface area contributed by atoms with Crippen LogP contribution in [0.1, 0.15) is 53.0 Å². The molecule has 0 heterocycles. The summed E-state index contributed by atoms with van der Waals surface area (Å²) < 4.78 is 10.2. The van der Waals surface area contributed by atoms with Gasteiger partial charge in [0.1, 0.15) is 5.75 Å². The van der Waals surface area contributed by atoms with Crippen molar-refractivity contribution in [3.05, 3.63) is 65.2 Å². The summed E-state index contributed by atoms with van der Waals surface area (Å²) in [6.45, 7) is 6.27. The van der Waals surface area contributed by atoms with Gasteiger partial charge < -0.3 is 9.47 Å². The smallest absolute Gasteiger partial charge is 0.343 e. The average Bonchev–Trinajstić information content (AvgIpc) is 2.55. The maximum atomic E-state index is 12.1. The van der Waals surface area contributed by atoms with Gasteiger partial charge in [0, 0.05) is 0 Å². The molecule has 0 N–H and O–H groups in total. The van der Waals surface area contributed by atoms with Crippen molar-refractivity contribution in [3.63, 3.8) is 0 Å².